The Balaban J connectivity index is 2.11. The maximum atomic E-state index is 10.9. The summed E-state index contributed by atoms with van der Waals surface area (Å²) >= 11 is 0. The Hall–Kier alpha value is -1.18. The molecule has 0 saturated carbocycles. The average molecular weight is 213 g/mol. The zero-order valence-corrected chi connectivity index (χ0v) is 7.96. The highest BCUT2D eigenvalue weighted by molar-refractivity contribution is 5.23. The number of hydrogen-bond acceptors (Lipinski definition) is 6. The monoisotopic (exact) mass is 213 g/mol. The molecule has 2 unspecified atom stereocenters. The SMILES string of the molecule is [O-][n+]1nc2c(o1)C1(O)CCN(O)C1CC2. The van der Waals surface area contributed by atoms with Gasteiger partial charge in [0.25, 0.3) is 0 Å². The summed E-state index contributed by atoms with van der Waals surface area (Å²) in [6, 6.07) is -0.391. The largest absolute Gasteiger partial charge is 0.382 e. The summed E-state index contributed by atoms with van der Waals surface area (Å²) in [5.74, 6) is 0.213. The molecule has 0 amide bonds. The molecule has 0 bridgehead atoms. The normalized spacial score (nSPS) is 35.2. The van der Waals surface area contributed by atoms with Gasteiger partial charge in [0, 0.05) is 6.54 Å². The van der Waals surface area contributed by atoms with Crippen LogP contribution in [0.15, 0.2) is 4.52 Å². The van der Waals surface area contributed by atoms with Gasteiger partial charge in [-0.15, -0.1) is 0 Å². The van der Waals surface area contributed by atoms with Crippen LogP contribution in [0, 0.1) is 5.21 Å². The molecule has 7 heteroatoms. The zero-order valence-electron chi connectivity index (χ0n) is 7.96. The van der Waals surface area contributed by atoms with E-state index in [2.05, 4.69) is 5.10 Å². The standard InChI is InChI=1S/C8H11N3O4/c12-8-3-4-10(13)6(8)2-1-5-7(8)15-11(14)9-5/h6,12-13H,1-4H2. The lowest BCUT2D eigenvalue weighted by atomic mass is 9.82. The molecule has 1 aromatic heterocycles. The summed E-state index contributed by atoms with van der Waals surface area (Å²) in [7, 11) is 0. The number of aromatic nitrogens is 2. The van der Waals surface area contributed by atoms with Gasteiger partial charge in [0.05, 0.1) is 11.1 Å². The third kappa shape index (κ3) is 1.05. The van der Waals surface area contributed by atoms with Gasteiger partial charge < -0.3 is 14.8 Å². The molecule has 1 aliphatic carbocycles. The first-order valence-electron chi connectivity index (χ1n) is 4.89. The van der Waals surface area contributed by atoms with Crippen molar-refractivity contribution in [2.75, 3.05) is 6.54 Å². The molecule has 2 heterocycles. The third-order valence-electron chi connectivity index (χ3n) is 3.31. The molecule has 0 radical (unpaired) electrons. The molecule has 1 aromatic rings. The molecule has 1 saturated heterocycles. The quantitative estimate of drug-likeness (QED) is 0.531. The van der Waals surface area contributed by atoms with Crippen LogP contribution in [0.25, 0.3) is 0 Å². The Labute approximate surface area is 85.0 Å². The minimum absolute atomic E-state index is 0.116. The van der Waals surface area contributed by atoms with Crippen LogP contribution in [-0.2, 0) is 12.0 Å². The molecule has 2 N–H and O–H groups in total. The van der Waals surface area contributed by atoms with E-state index in [1.165, 1.54) is 0 Å². The van der Waals surface area contributed by atoms with Gasteiger partial charge in [0.1, 0.15) is 17.1 Å². The number of rotatable bonds is 0. The molecular weight excluding hydrogens is 202 g/mol. The Morgan fingerprint density at radius 3 is 3.27 bits per heavy atom. The fraction of sp³-hybridized carbons (Fsp3) is 0.750. The van der Waals surface area contributed by atoms with E-state index in [1.54, 1.807) is 0 Å². The van der Waals surface area contributed by atoms with Gasteiger partial charge in [-0.05, 0) is 19.3 Å². The van der Waals surface area contributed by atoms with Crippen LogP contribution >= 0.6 is 0 Å². The highest BCUT2D eigenvalue weighted by Crippen LogP contribution is 2.43. The van der Waals surface area contributed by atoms with E-state index in [-0.39, 0.29) is 10.8 Å². The van der Waals surface area contributed by atoms with Gasteiger partial charge in [0.2, 0.25) is 0 Å². The maximum Gasteiger partial charge on any atom is 0.178 e. The van der Waals surface area contributed by atoms with Crippen LogP contribution in [0.1, 0.15) is 24.3 Å². The second-order valence-corrected chi connectivity index (χ2v) is 4.10. The molecule has 2 atom stereocenters. The van der Waals surface area contributed by atoms with Gasteiger partial charge in [0.15, 0.2) is 5.02 Å². The molecule has 15 heavy (non-hydrogen) atoms. The summed E-state index contributed by atoms with van der Waals surface area (Å²) in [5, 5.41) is 35.7. The first kappa shape index (κ1) is 9.08. The molecule has 3 rings (SSSR count). The van der Waals surface area contributed by atoms with E-state index in [0.717, 1.165) is 5.06 Å². The maximum absolute atomic E-state index is 10.9. The molecule has 7 nitrogen and oxygen atoms in total. The van der Waals surface area contributed by atoms with Crippen LogP contribution in [-0.4, -0.2) is 33.1 Å². The molecule has 1 aliphatic heterocycles. The van der Waals surface area contributed by atoms with E-state index in [1.807, 2.05) is 0 Å². The number of aliphatic hydroxyl groups is 1. The van der Waals surface area contributed by atoms with Crippen LogP contribution in [0.5, 0.6) is 0 Å². The summed E-state index contributed by atoms with van der Waals surface area (Å²) in [6.45, 7) is 0.375. The molecular formula is C8H11N3O4. The Bertz CT molecular complexity index is 407. The van der Waals surface area contributed by atoms with Crippen LogP contribution in [0.4, 0.5) is 0 Å². The first-order chi connectivity index (χ1) is 7.11. The summed E-state index contributed by atoms with van der Waals surface area (Å²) in [6.07, 6.45) is 1.47. The highest BCUT2D eigenvalue weighted by Gasteiger charge is 2.52. The number of hydrogen-bond donors (Lipinski definition) is 2. The fourth-order valence-electron chi connectivity index (χ4n) is 2.57. The molecule has 0 aromatic carbocycles. The second kappa shape index (κ2) is 2.69. The highest BCUT2D eigenvalue weighted by atomic mass is 16.8. The number of aryl methyl sites for hydroxylation is 1. The van der Waals surface area contributed by atoms with E-state index in [9.17, 15) is 15.5 Å². The molecule has 2 aliphatic rings. The third-order valence-corrected chi connectivity index (χ3v) is 3.31. The van der Waals surface area contributed by atoms with E-state index >= 15 is 0 Å². The number of fused-ring (bicyclic) bond motifs is 3. The predicted molar refractivity (Wildman–Crippen MR) is 44.6 cm³/mol. The lowest BCUT2D eigenvalue weighted by Gasteiger charge is -2.33. The van der Waals surface area contributed by atoms with Crippen molar-refractivity contribution in [1.29, 1.82) is 0 Å². The fourth-order valence-corrected chi connectivity index (χ4v) is 2.57. The predicted octanol–water partition coefficient (Wildman–Crippen LogP) is -1.09. The Morgan fingerprint density at radius 1 is 1.67 bits per heavy atom. The van der Waals surface area contributed by atoms with E-state index in [0.29, 0.717) is 31.5 Å². The topological polar surface area (TPSA) is 96.7 Å². The summed E-state index contributed by atoms with van der Waals surface area (Å²) in [5.41, 5.74) is -0.760. The van der Waals surface area contributed by atoms with Crippen molar-refractivity contribution >= 4 is 0 Å². The van der Waals surface area contributed by atoms with Gasteiger partial charge >= 0.3 is 0 Å². The summed E-state index contributed by atoms with van der Waals surface area (Å²) in [4.78, 5) is 0. The van der Waals surface area contributed by atoms with Gasteiger partial charge in [-0.25, -0.2) is 5.21 Å². The first-order valence-corrected chi connectivity index (χ1v) is 4.89. The lowest BCUT2D eigenvalue weighted by molar-refractivity contribution is -0.842. The average Bonchev–Trinajstić information content (AvgIpc) is 2.69. The molecule has 0 spiro atoms. The van der Waals surface area contributed by atoms with Crippen molar-refractivity contribution in [3.8, 4) is 0 Å². The summed E-state index contributed by atoms with van der Waals surface area (Å²) < 4.78 is 4.83. The minimum Gasteiger partial charge on any atom is -0.382 e. The van der Waals surface area contributed by atoms with Crippen molar-refractivity contribution in [2.45, 2.75) is 30.9 Å². The minimum atomic E-state index is -1.26. The zero-order chi connectivity index (χ0) is 10.6. The number of hydroxylamine groups is 2. The van der Waals surface area contributed by atoms with Crippen molar-refractivity contribution < 1.29 is 19.9 Å². The van der Waals surface area contributed by atoms with Crippen LogP contribution < -0.4 is 5.02 Å². The van der Waals surface area contributed by atoms with Gasteiger partial charge in [-0.1, -0.05) is 0 Å². The lowest BCUT2D eigenvalue weighted by Crippen LogP contribution is -2.44. The van der Waals surface area contributed by atoms with Crippen molar-refractivity contribution in [3.63, 3.8) is 0 Å². The van der Waals surface area contributed by atoms with E-state index < -0.39 is 11.6 Å². The van der Waals surface area contributed by atoms with Crippen LogP contribution in [0.3, 0.4) is 0 Å². The number of nitrogens with zero attached hydrogens (tertiary/aromatic N) is 3. The second-order valence-electron chi connectivity index (χ2n) is 4.10. The van der Waals surface area contributed by atoms with Crippen molar-refractivity contribution in [1.82, 2.24) is 10.2 Å². The molecule has 1 fully saturated rings. The van der Waals surface area contributed by atoms with Crippen molar-refractivity contribution in [3.05, 3.63) is 16.7 Å². The molecule has 82 valence electrons. The van der Waals surface area contributed by atoms with E-state index in [4.69, 9.17) is 4.52 Å². The van der Waals surface area contributed by atoms with Gasteiger partial charge in [-0.2, -0.15) is 5.06 Å². The van der Waals surface area contributed by atoms with Gasteiger partial charge in [-0.3, -0.25) is 0 Å². The van der Waals surface area contributed by atoms with Crippen molar-refractivity contribution in [2.24, 2.45) is 0 Å². The van der Waals surface area contributed by atoms with Crippen LogP contribution in [0.2, 0.25) is 0 Å². The smallest absolute Gasteiger partial charge is 0.178 e. The Morgan fingerprint density at radius 2 is 2.47 bits per heavy atom. The Kier molecular flexibility index (Phi) is 1.63.